The van der Waals surface area contributed by atoms with E-state index in [4.69, 9.17) is 0 Å². The van der Waals surface area contributed by atoms with Gasteiger partial charge in [-0.25, -0.2) is 0 Å². The van der Waals surface area contributed by atoms with Gasteiger partial charge in [0.1, 0.15) is 0 Å². The maximum atomic E-state index is 12.0. The first-order chi connectivity index (χ1) is 7.48. The van der Waals surface area contributed by atoms with Gasteiger partial charge in [-0.05, 0) is 22.6 Å². The second kappa shape index (κ2) is 2.65. The van der Waals surface area contributed by atoms with Crippen LogP contribution in [0.4, 0.5) is 0 Å². The molecule has 0 aliphatic heterocycles. The molecule has 0 radical (unpaired) electrons. The van der Waals surface area contributed by atoms with Gasteiger partial charge in [0.15, 0.2) is 5.78 Å². The topological polar surface area (TPSA) is 17.1 Å². The average molecular weight is 212 g/mol. The number of ketones is 1. The fraction of sp³-hybridized carbons (Fsp3) is 0.400. The third-order valence-electron chi connectivity index (χ3n) is 4.21. The van der Waals surface area contributed by atoms with Crippen LogP contribution in [-0.4, -0.2) is 5.78 Å². The third-order valence-corrected chi connectivity index (χ3v) is 4.21. The lowest BCUT2D eigenvalue weighted by Crippen LogP contribution is -2.51. The van der Waals surface area contributed by atoms with Crippen LogP contribution in [-0.2, 0) is 10.2 Å². The van der Waals surface area contributed by atoms with Gasteiger partial charge in [0.2, 0.25) is 0 Å². The summed E-state index contributed by atoms with van der Waals surface area (Å²) < 4.78 is 0. The third kappa shape index (κ3) is 0.858. The van der Waals surface area contributed by atoms with Crippen LogP contribution in [0.1, 0.15) is 37.8 Å². The van der Waals surface area contributed by atoms with Crippen LogP contribution in [0.2, 0.25) is 0 Å². The second-order valence-electron chi connectivity index (χ2n) is 5.87. The largest absolute Gasteiger partial charge is 0.294 e. The molecule has 1 aromatic rings. The highest BCUT2D eigenvalue weighted by atomic mass is 16.1. The van der Waals surface area contributed by atoms with E-state index < -0.39 is 0 Å². The summed E-state index contributed by atoms with van der Waals surface area (Å²) in [6.45, 7) is 6.66. The average Bonchev–Trinajstić information content (AvgIpc) is 2.47. The van der Waals surface area contributed by atoms with Crippen molar-refractivity contribution in [2.24, 2.45) is 5.41 Å². The van der Waals surface area contributed by atoms with Gasteiger partial charge in [-0.2, -0.15) is 0 Å². The Morgan fingerprint density at radius 2 is 1.88 bits per heavy atom. The summed E-state index contributed by atoms with van der Waals surface area (Å²) in [7, 11) is 0. The van der Waals surface area contributed by atoms with Gasteiger partial charge in [-0.1, -0.05) is 51.1 Å². The van der Waals surface area contributed by atoms with Gasteiger partial charge in [0, 0.05) is 5.41 Å². The second-order valence-corrected chi connectivity index (χ2v) is 5.87. The van der Waals surface area contributed by atoms with Crippen LogP contribution in [0.15, 0.2) is 36.4 Å². The first-order valence-corrected chi connectivity index (χ1v) is 5.81. The van der Waals surface area contributed by atoms with Crippen molar-refractivity contribution in [2.45, 2.75) is 32.1 Å². The van der Waals surface area contributed by atoms with Crippen LogP contribution in [0, 0.1) is 5.41 Å². The zero-order chi connectivity index (χ0) is 11.6. The first kappa shape index (κ1) is 9.83. The van der Waals surface area contributed by atoms with Gasteiger partial charge in [-0.15, -0.1) is 0 Å². The van der Waals surface area contributed by atoms with Gasteiger partial charge in [0.25, 0.3) is 0 Å². The summed E-state index contributed by atoms with van der Waals surface area (Å²) in [5, 5.41) is 0. The van der Waals surface area contributed by atoms with Gasteiger partial charge < -0.3 is 0 Å². The number of fused-ring (bicyclic) bond motifs is 4. The molecule has 1 aromatic carbocycles. The van der Waals surface area contributed by atoms with Crippen LogP contribution in [0.5, 0.6) is 0 Å². The molecule has 82 valence electrons. The van der Waals surface area contributed by atoms with E-state index in [0.717, 1.165) is 0 Å². The molecule has 2 unspecified atom stereocenters. The number of hydrogen-bond donors (Lipinski definition) is 0. The van der Waals surface area contributed by atoms with E-state index in [2.05, 4.69) is 45.0 Å². The Balaban J connectivity index is 2.27. The lowest BCUT2D eigenvalue weighted by Gasteiger charge is -2.54. The van der Waals surface area contributed by atoms with Crippen molar-refractivity contribution in [3.05, 3.63) is 47.5 Å². The Labute approximate surface area is 96.2 Å². The molecule has 3 rings (SSSR count). The predicted molar refractivity (Wildman–Crippen MR) is 64.5 cm³/mol. The summed E-state index contributed by atoms with van der Waals surface area (Å²) in [5.74, 6) is 0.345. The van der Waals surface area contributed by atoms with Crippen molar-refractivity contribution < 1.29 is 4.79 Å². The molecular weight excluding hydrogens is 196 g/mol. The minimum absolute atomic E-state index is 0.0549. The fourth-order valence-corrected chi connectivity index (χ4v) is 3.41. The highest BCUT2D eigenvalue weighted by molar-refractivity contribution is 6.03. The zero-order valence-electron chi connectivity index (χ0n) is 9.95. The quantitative estimate of drug-likeness (QED) is 0.645. The van der Waals surface area contributed by atoms with Crippen LogP contribution < -0.4 is 0 Å². The number of carbonyl (C=O) groups is 1. The fourth-order valence-electron chi connectivity index (χ4n) is 3.41. The molecular formula is C15H16O. The highest BCUT2D eigenvalue weighted by Gasteiger charge is 2.61. The number of hydrogen-bond acceptors (Lipinski definition) is 1. The van der Waals surface area contributed by atoms with E-state index in [0.29, 0.717) is 0 Å². The maximum Gasteiger partial charge on any atom is 0.164 e. The van der Waals surface area contributed by atoms with E-state index in [9.17, 15) is 4.79 Å². The van der Waals surface area contributed by atoms with E-state index >= 15 is 0 Å². The maximum absolute atomic E-state index is 12.0. The molecule has 16 heavy (non-hydrogen) atoms. The molecule has 1 heteroatoms. The van der Waals surface area contributed by atoms with Gasteiger partial charge in [0.05, 0.1) is 5.92 Å². The van der Waals surface area contributed by atoms with Crippen LogP contribution in [0.3, 0.4) is 0 Å². The summed E-state index contributed by atoms with van der Waals surface area (Å²) in [6.07, 6.45) is 3.90. The Bertz CT molecular complexity index is 504. The van der Waals surface area contributed by atoms with Crippen molar-refractivity contribution in [1.29, 1.82) is 0 Å². The minimum Gasteiger partial charge on any atom is -0.294 e. The Morgan fingerprint density at radius 1 is 1.19 bits per heavy atom. The van der Waals surface area contributed by atoms with Crippen molar-refractivity contribution in [1.82, 2.24) is 0 Å². The molecule has 0 saturated carbocycles. The summed E-state index contributed by atoms with van der Waals surface area (Å²) >= 11 is 0. The number of rotatable bonds is 0. The lowest BCUT2D eigenvalue weighted by molar-refractivity contribution is -0.118. The molecule has 0 N–H and O–H groups in total. The molecule has 2 atom stereocenters. The molecule has 1 nitrogen and oxygen atoms in total. The van der Waals surface area contributed by atoms with Gasteiger partial charge >= 0.3 is 0 Å². The van der Waals surface area contributed by atoms with Crippen molar-refractivity contribution in [3.8, 4) is 0 Å². The first-order valence-electron chi connectivity index (χ1n) is 5.81. The zero-order valence-corrected chi connectivity index (χ0v) is 9.95. The Kier molecular flexibility index (Phi) is 1.63. The van der Waals surface area contributed by atoms with Crippen LogP contribution in [0.25, 0.3) is 0 Å². The SMILES string of the molecule is CC(C)(C)C12C=CC(=O)C1c1ccccc12. The van der Waals surface area contributed by atoms with Crippen molar-refractivity contribution in [3.63, 3.8) is 0 Å². The smallest absolute Gasteiger partial charge is 0.164 e. The molecule has 0 aromatic heterocycles. The molecule has 0 spiro atoms. The molecule has 0 amide bonds. The molecule has 0 bridgehead atoms. The lowest BCUT2D eigenvalue weighted by atomic mass is 9.48. The van der Waals surface area contributed by atoms with E-state index in [-0.39, 0.29) is 22.5 Å². The molecule has 2 aliphatic rings. The number of benzene rings is 1. The predicted octanol–water partition coefficient (Wildman–Crippen LogP) is 3.21. The van der Waals surface area contributed by atoms with Crippen molar-refractivity contribution in [2.75, 3.05) is 0 Å². The van der Waals surface area contributed by atoms with Gasteiger partial charge in [-0.3, -0.25) is 4.79 Å². The number of allylic oxidation sites excluding steroid dienone is 2. The van der Waals surface area contributed by atoms with E-state index in [1.54, 1.807) is 6.08 Å². The Morgan fingerprint density at radius 3 is 2.56 bits per heavy atom. The van der Waals surface area contributed by atoms with E-state index in [1.165, 1.54) is 11.1 Å². The number of carbonyl (C=O) groups excluding carboxylic acids is 1. The monoisotopic (exact) mass is 212 g/mol. The molecule has 0 heterocycles. The summed E-state index contributed by atoms with van der Waals surface area (Å²) in [5.41, 5.74) is 2.61. The summed E-state index contributed by atoms with van der Waals surface area (Å²) in [6, 6.07) is 8.35. The van der Waals surface area contributed by atoms with Crippen molar-refractivity contribution >= 4 is 5.78 Å². The molecule has 0 fully saturated rings. The van der Waals surface area contributed by atoms with Crippen LogP contribution >= 0.6 is 0 Å². The Hall–Kier alpha value is -1.37. The standard InChI is InChI=1S/C15H16O/c1-14(2,3)15-9-8-12(16)13(15)10-6-4-5-7-11(10)15/h4-9,13H,1-3H3. The summed E-state index contributed by atoms with van der Waals surface area (Å²) in [4.78, 5) is 12.0. The molecule has 2 aliphatic carbocycles. The normalized spacial score (nSPS) is 30.9. The molecule has 0 saturated heterocycles. The van der Waals surface area contributed by atoms with E-state index in [1.807, 2.05) is 6.07 Å². The highest BCUT2D eigenvalue weighted by Crippen LogP contribution is 2.63. The minimum atomic E-state index is -0.0549.